The Kier molecular flexibility index (Phi) is 6.43. The molecule has 41 heavy (non-hydrogen) atoms. The van der Waals surface area contributed by atoms with Crippen LogP contribution in [0.5, 0.6) is 11.5 Å². The van der Waals surface area contributed by atoms with Crippen molar-refractivity contribution in [3.63, 3.8) is 0 Å². The molecule has 1 saturated carbocycles. The average Bonchev–Trinajstić information content (AvgIpc) is 3.52. The molecule has 3 heterocycles. The third kappa shape index (κ3) is 4.19. The van der Waals surface area contributed by atoms with E-state index in [4.69, 9.17) is 4.74 Å². The molecule has 2 bridgehead atoms. The Balaban J connectivity index is 1.18. The van der Waals surface area contributed by atoms with Crippen molar-refractivity contribution in [3.8, 4) is 11.5 Å². The lowest BCUT2D eigenvalue weighted by atomic mass is 9.51. The van der Waals surface area contributed by atoms with Gasteiger partial charge in [-0.1, -0.05) is 36.0 Å². The number of thioether (sulfide) groups is 1. The zero-order chi connectivity index (χ0) is 28.5. The quantitative estimate of drug-likeness (QED) is 0.470. The topological polar surface area (TPSA) is 108 Å². The number of hydrogen-bond acceptors (Lipinski definition) is 7. The van der Waals surface area contributed by atoms with Gasteiger partial charge in [-0.3, -0.25) is 14.4 Å². The van der Waals surface area contributed by atoms with E-state index < -0.39 is 6.04 Å². The van der Waals surface area contributed by atoms with Gasteiger partial charge in [0.25, 0.3) is 5.91 Å². The molecule has 214 valence electrons. The average molecular weight is 574 g/mol. The van der Waals surface area contributed by atoms with Gasteiger partial charge in [0.15, 0.2) is 11.5 Å². The largest absolute Gasteiger partial charge is 0.504 e. The third-order valence-corrected chi connectivity index (χ3v) is 11.0. The van der Waals surface area contributed by atoms with Crippen molar-refractivity contribution in [3.05, 3.63) is 58.1 Å². The molecular weight excluding hydrogens is 538 g/mol. The van der Waals surface area contributed by atoms with Crippen LogP contribution in [0.25, 0.3) is 12.2 Å². The van der Waals surface area contributed by atoms with E-state index in [-0.39, 0.29) is 40.2 Å². The van der Waals surface area contributed by atoms with Gasteiger partial charge in [-0.2, -0.15) is 0 Å². The summed E-state index contributed by atoms with van der Waals surface area (Å²) in [6, 6.07) is 9.25. The number of ether oxygens (including phenoxy) is 1. The fourth-order valence-electron chi connectivity index (χ4n) is 8.17. The molecule has 2 aromatic rings. The number of piperidine rings is 1. The van der Waals surface area contributed by atoms with Gasteiger partial charge >= 0.3 is 0 Å². The number of benzene rings is 2. The standard InChI is InChI=1S/C32H35N3O5S/c1-17(36)33-23-10-9-22-25-16-21-15-20(27(37)28-26(21)32(22,29(23)40-28)12-13-35(25)2)8-5-18-3-6-19(7-4-18)30(38)34-24-11-14-41-31(24)39/h3-8,15,22-25,29,37H,9-14,16H2,1-2H3,(H,33,36)(H,34,38)/b8-5+/t22?,23?,24?,25-,29+,32+/m1/s1. The maximum atomic E-state index is 12.6. The first-order valence-corrected chi connectivity index (χ1v) is 15.5. The van der Waals surface area contributed by atoms with Gasteiger partial charge in [0, 0.05) is 40.8 Å². The maximum Gasteiger partial charge on any atom is 0.251 e. The molecule has 7 rings (SSSR count). The molecular formula is C32H35N3O5S. The van der Waals surface area contributed by atoms with Crippen LogP contribution in [0.1, 0.15) is 65.2 Å². The number of carbonyl (C=O) groups is 3. The SMILES string of the molecule is CC(=O)NC1CCC2[C@H]3Cc4cc(/C=C/c5ccc(C(=O)NC6CCSC6=O)cc5)c(O)c5c4[C@@]2(CCN3C)[C@H]1O5. The molecule has 2 aromatic carbocycles. The highest BCUT2D eigenvalue weighted by molar-refractivity contribution is 8.14. The van der Waals surface area contributed by atoms with Crippen LogP contribution >= 0.6 is 11.8 Å². The van der Waals surface area contributed by atoms with Crippen LogP contribution in [0.4, 0.5) is 0 Å². The number of amides is 2. The second-order valence-electron chi connectivity index (χ2n) is 12.2. The van der Waals surface area contributed by atoms with Crippen LogP contribution in [-0.2, 0) is 21.4 Å². The highest BCUT2D eigenvalue weighted by Crippen LogP contribution is 2.64. The number of rotatable bonds is 5. The van der Waals surface area contributed by atoms with Crippen molar-refractivity contribution in [2.45, 2.75) is 68.7 Å². The summed E-state index contributed by atoms with van der Waals surface area (Å²) in [6.07, 6.45) is 8.08. The van der Waals surface area contributed by atoms with E-state index >= 15 is 0 Å². The fourth-order valence-corrected chi connectivity index (χ4v) is 9.10. The second kappa shape index (κ2) is 9.91. The summed E-state index contributed by atoms with van der Waals surface area (Å²) in [7, 11) is 2.21. The van der Waals surface area contributed by atoms with Gasteiger partial charge in [-0.05, 0) is 80.9 Å². The molecule has 2 amide bonds. The van der Waals surface area contributed by atoms with Crippen molar-refractivity contribution in [1.82, 2.24) is 15.5 Å². The Morgan fingerprint density at radius 1 is 1.15 bits per heavy atom. The number of aromatic hydroxyl groups is 1. The molecule has 9 heteroatoms. The van der Waals surface area contributed by atoms with Crippen molar-refractivity contribution in [2.75, 3.05) is 19.3 Å². The fraction of sp³-hybridized carbons (Fsp3) is 0.469. The summed E-state index contributed by atoms with van der Waals surface area (Å²) < 4.78 is 6.67. The minimum atomic E-state index is -0.412. The predicted molar refractivity (Wildman–Crippen MR) is 158 cm³/mol. The van der Waals surface area contributed by atoms with E-state index in [0.29, 0.717) is 35.3 Å². The van der Waals surface area contributed by atoms with Gasteiger partial charge in [0.05, 0.1) is 12.1 Å². The molecule has 3 fully saturated rings. The molecule has 5 aliphatic rings. The first-order valence-electron chi connectivity index (χ1n) is 14.5. The number of phenols is 1. The molecule has 1 spiro atoms. The molecule has 2 aliphatic carbocycles. The number of carbonyl (C=O) groups excluding carboxylic acids is 3. The molecule has 0 aromatic heterocycles. The van der Waals surface area contributed by atoms with Crippen LogP contribution < -0.4 is 15.4 Å². The number of nitrogens with one attached hydrogen (secondary N) is 2. The van der Waals surface area contributed by atoms with Crippen LogP contribution in [-0.4, -0.2) is 70.5 Å². The van der Waals surface area contributed by atoms with Crippen molar-refractivity contribution in [1.29, 1.82) is 0 Å². The predicted octanol–water partition coefficient (Wildman–Crippen LogP) is 3.50. The smallest absolute Gasteiger partial charge is 0.251 e. The summed E-state index contributed by atoms with van der Waals surface area (Å²) in [5.41, 5.74) is 4.29. The summed E-state index contributed by atoms with van der Waals surface area (Å²) >= 11 is 1.26. The van der Waals surface area contributed by atoms with Crippen LogP contribution in [0.2, 0.25) is 0 Å². The van der Waals surface area contributed by atoms with Crippen LogP contribution in [0.15, 0.2) is 30.3 Å². The lowest BCUT2D eigenvalue weighted by Crippen LogP contribution is -2.68. The zero-order valence-corrected chi connectivity index (χ0v) is 24.1. The summed E-state index contributed by atoms with van der Waals surface area (Å²) in [4.78, 5) is 39.0. The summed E-state index contributed by atoms with van der Waals surface area (Å²) in [5, 5.41) is 17.5. The van der Waals surface area contributed by atoms with E-state index in [9.17, 15) is 19.5 Å². The molecule has 3 unspecified atom stereocenters. The van der Waals surface area contributed by atoms with E-state index in [2.05, 4.69) is 28.6 Å². The van der Waals surface area contributed by atoms with Crippen LogP contribution in [0.3, 0.4) is 0 Å². The van der Waals surface area contributed by atoms with Gasteiger partial charge in [0.2, 0.25) is 11.0 Å². The number of likely N-dealkylation sites (tertiary alicyclic amines) is 1. The lowest BCUT2D eigenvalue weighted by Gasteiger charge is -2.59. The molecule has 3 N–H and O–H groups in total. The highest BCUT2D eigenvalue weighted by atomic mass is 32.2. The Morgan fingerprint density at radius 2 is 1.95 bits per heavy atom. The molecule has 8 nitrogen and oxygen atoms in total. The van der Waals surface area contributed by atoms with E-state index in [0.717, 1.165) is 49.1 Å². The minimum absolute atomic E-state index is 0.0188. The van der Waals surface area contributed by atoms with Crippen molar-refractivity contribution < 1.29 is 24.2 Å². The van der Waals surface area contributed by atoms with Gasteiger partial charge in [0.1, 0.15) is 6.10 Å². The Labute approximate surface area is 243 Å². The van der Waals surface area contributed by atoms with Gasteiger partial charge in [-0.25, -0.2) is 0 Å². The molecule has 6 atom stereocenters. The van der Waals surface area contributed by atoms with Gasteiger partial charge in [-0.15, -0.1) is 0 Å². The van der Waals surface area contributed by atoms with Crippen LogP contribution in [0, 0.1) is 5.92 Å². The second-order valence-corrected chi connectivity index (χ2v) is 13.3. The molecule has 0 radical (unpaired) electrons. The number of likely N-dealkylation sites (N-methyl/N-ethyl adjacent to an activating group) is 1. The third-order valence-electron chi connectivity index (χ3n) is 10.00. The Hall–Kier alpha value is -3.30. The zero-order valence-electron chi connectivity index (χ0n) is 23.3. The number of hydrogen-bond donors (Lipinski definition) is 3. The van der Waals surface area contributed by atoms with E-state index in [1.54, 1.807) is 19.1 Å². The highest BCUT2D eigenvalue weighted by Gasteiger charge is 2.65. The minimum Gasteiger partial charge on any atom is -0.504 e. The Bertz CT molecular complexity index is 1470. The van der Waals surface area contributed by atoms with E-state index in [1.807, 2.05) is 24.3 Å². The van der Waals surface area contributed by atoms with Crippen molar-refractivity contribution >= 4 is 40.8 Å². The first-order chi connectivity index (χ1) is 19.8. The number of nitrogens with zero attached hydrogens (tertiary/aromatic N) is 1. The van der Waals surface area contributed by atoms with Gasteiger partial charge < -0.3 is 25.4 Å². The lowest BCUT2D eigenvalue weighted by molar-refractivity contribution is -0.122. The maximum absolute atomic E-state index is 12.6. The molecule has 2 saturated heterocycles. The normalized spacial score (nSPS) is 31.6. The summed E-state index contributed by atoms with van der Waals surface area (Å²) in [6.45, 7) is 2.53. The molecule has 3 aliphatic heterocycles. The first kappa shape index (κ1) is 26.6. The Morgan fingerprint density at radius 3 is 2.68 bits per heavy atom. The van der Waals surface area contributed by atoms with Crippen molar-refractivity contribution in [2.24, 2.45) is 5.92 Å². The summed E-state index contributed by atoms with van der Waals surface area (Å²) in [5.74, 6) is 1.62. The number of phenolic OH excluding ortho intramolecular Hbond substituents is 1. The van der Waals surface area contributed by atoms with E-state index in [1.165, 1.54) is 17.3 Å². The monoisotopic (exact) mass is 573 g/mol.